The van der Waals surface area contributed by atoms with Crippen molar-refractivity contribution < 1.29 is 19.1 Å². The van der Waals surface area contributed by atoms with Crippen LogP contribution in [0.3, 0.4) is 0 Å². The maximum absolute atomic E-state index is 12.3. The lowest BCUT2D eigenvalue weighted by atomic mass is 10.2. The number of aromatic nitrogens is 3. The minimum absolute atomic E-state index is 0.132. The highest BCUT2D eigenvalue weighted by atomic mass is 32.2. The highest BCUT2D eigenvalue weighted by Gasteiger charge is 2.15. The second-order valence-corrected chi connectivity index (χ2v) is 7.54. The fourth-order valence-electron chi connectivity index (χ4n) is 2.86. The van der Waals surface area contributed by atoms with Crippen LogP contribution >= 0.6 is 11.8 Å². The molecule has 3 aromatic rings. The van der Waals surface area contributed by atoms with Gasteiger partial charge in [0.1, 0.15) is 0 Å². The Balaban J connectivity index is 1.53. The van der Waals surface area contributed by atoms with E-state index in [-0.39, 0.29) is 24.1 Å². The Hall–Kier alpha value is -3.66. The molecule has 10 heteroatoms. The zero-order chi connectivity index (χ0) is 22.9. The Morgan fingerprint density at radius 3 is 2.38 bits per heavy atom. The number of hydrogen-bond acceptors (Lipinski definition) is 7. The van der Waals surface area contributed by atoms with Crippen molar-refractivity contribution in [3.05, 3.63) is 71.5 Å². The van der Waals surface area contributed by atoms with Crippen molar-refractivity contribution in [1.82, 2.24) is 20.1 Å². The third-order valence-corrected chi connectivity index (χ3v) is 5.44. The van der Waals surface area contributed by atoms with Gasteiger partial charge in [-0.1, -0.05) is 30.0 Å². The zero-order valence-electron chi connectivity index (χ0n) is 17.7. The molecule has 0 unspecified atom stereocenters. The highest BCUT2D eigenvalue weighted by Crippen LogP contribution is 2.18. The van der Waals surface area contributed by atoms with Crippen LogP contribution in [0.25, 0.3) is 0 Å². The van der Waals surface area contributed by atoms with Crippen LogP contribution in [-0.2, 0) is 22.6 Å². The van der Waals surface area contributed by atoms with Gasteiger partial charge in [0, 0.05) is 17.8 Å². The topological polar surface area (TPSA) is 115 Å². The van der Waals surface area contributed by atoms with Crippen LogP contribution in [0.4, 0.5) is 5.69 Å². The van der Waals surface area contributed by atoms with Crippen LogP contribution in [0, 0.1) is 0 Å². The summed E-state index contributed by atoms with van der Waals surface area (Å²) in [5, 5.41) is 14.5. The van der Waals surface area contributed by atoms with Crippen molar-refractivity contribution in [3.8, 4) is 0 Å². The van der Waals surface area contributed by atoms with E-state index in [0.717, 1.165) is 0 Å². The number of carbonyl (C=O) groups excluding carboxylic acids is 3. The third kappa shape index (κ3) is 5.94. The number of rotatable bonds is 9. The Labute approximate surface area is 189 Å². The lowest BCUT2D eigenvalue weighted by Gasteiger charge is -2.09. The lowest BCUT2D eigenvalue weighted by molar-refractivity contribution is -0.113. The molecule has 2 aromatic carbocycles. The first-order valence-corrected chi connectivity index (χ1v) is 10.9. The molecule has 32 heavy (non-hydrogen) atoms. The minimum Gasteiger partial charge on any atom is -0.465 e. The average Bonchev–Trinajstić information content (AvgIpc) is 3.23. The number of hydrogen-bond donors (Lipinski definition) is 2. The van der Waals surface area contributed by atoms with Gasteiger partial charge in [0.2, 0.25) is 5.91 Å². The maximum atomic E-state index is 12.3. The maximum Gasteiger partial charge on any atom is 0.337 e. The molecule has 0 bridgehead atoms. The van der Waals surface area contributed by atoms with Crippen LogP contribution < -0.4 is 10.6 Å². The predicted octanol–water partition coefficient (Wildman–Crippen LogP) is 2.75. The van der Waals surface area contributed by atoms with Crippen molar-refractivity contribution in [1.29, 1.82) is 0 Å². The van der Waals surface area contributed by atoms with Gasteiger partial charge in [-0.2, -0.15) is 0 Å². The summed E-state index contributed by atoms with van der Waals surface area (Å²) < 4.78 is 6.51. The van der Waals surface area contributed by atoms with Gasteiger partial charge in [-0.25, -0.2) is 4.79 Å². The average molecular weight is 454 g/mol. The first kappa shape index (κ1) is 23.0. The Bertz CT molecular complexity index is 1080. The standard InChI is InChI=1S/C22H23N5O4S/c1-3-27-18(13-23-20(29)15-7-5-4-6-8-15)25-26-22(27)32-14-19(28)24-17-11-9-16(10-12-17)21(30)31-2/h4-12H,3,13-14H2,1-2H3,(H,23,29)(H,24,28). The highest BCUT2D eigenvalue weighted by molar-refractivity contribution is 7.99. The molecule has 0 aliphatic rings. The number of methoxy groups -OCH3 is 1. The summed E-state index contributed by atoms with van der Waals surface area (Å²) in [6.07, 6.45) is 0. The molecule has 9 nitrogen and oxygen atoms in total. The summed E-state index contributed by atoms with van der Waals surface area (Å²) in [4.78, 5) is 36.0. The Morgan fingerprint density at radius 1 is 1.00 bits per heavy atom. The molecular formula is C22H23N5O4S. The van der Waals surface area contributed by atoms with Gasteiger partial charge in [-0.3, -0.25) is 9.59 Å². The van der Waals surface area contributed by atoms with Gasteiger partial charge in [0.15, 0.2) is 11.0 Å². The summed E-state index contributed by atoms with van der Waals surface area (Å²) in [7, 11) is 1.31. The quantitative estimate of drug-likeness (QED) is 0.378. The number of amides is 2. The molecule has 3 rings (SSSR count). The van der Waals surface area contributed by atoms with Crippen LogP contribution in [0.15, 0.2) is 59.8 Å². The van der Waals surface area contributed by atoms with Crippen molar-refractivity contribution in [2.24, 2.45) is 0 Å². The molecule has 0 spiro atoms. The second kappa shape index (κ2) is 11.1. The number of nitrogens with zero attached hydrogens (tertiary/aromatic N) is 3. The normalized spacial score (nSPS) is 10.4. The van der Waals surface area contributed by atoms with E-state index in [4.69, 9.17) is 0 Å². The number of esters is 1. The third-order valence-electron chi connectivity index (χ3n) is 4.47. The number of benzene rings is 2. The molecule has 1 aromatic heterocycles. The molecule has 0 aliphatic heterocycles. The molecular weight excluding hydrogens is 430 g/mol. The Morgan fingerprint density at radius 2 is 1.72 bits per heavy atom. The largest absolute Gasteiger partial charge is 0.465 e. The van der Waals surface area contributed by atoms with Crippen LogP contribution in [-0.4, -0.2) is 45.4 Å². The predicted molar refractivity (Wildman–Crippen MR) is 120 cm³/mol. The molecule has 2 amide bonds. The van der Waals surface area contributed by atoms with Crippen molar-refractivity contribution >= 4 is 35.2 Å². The summed E-state index contributed by atoms with van der Waals surface area (Å²) in [6, 6.07) is 15.4. The summed E-state index contributed by atoms with van der Waals surface area (Å²) >= 11 is 1.25. The van der Waals surface area contributed by atoms with Crippen LogP contribution in [0.1, 0.15) is 33.5 Å². The minimum atomic E-state index is -0.437. The van der Waals surface area contributed by atoms with Crippen molar-refractivity contribution in [3.63, 3.8) is 0 Å². The van der Waals surface area contributed by atoms with Crippen LogP contribution in [0.5, 0.6) is 0 Å². The SMILES string of the molecule is CCn1c(CNC(=O)c2ccccc2)nnc1SCC(=O)Nc1ccc(C(=O)OC)cc1. The van der Waals surface area contributed by atoms with Crippen molar-refractivity contribution in [2.75, 3.05) is 18.2 Å². The molecule has 0 aliphatic carbocycles. The first-order valence-electron chi connectivity index (χ1n) is 9.88. The molecule has 0 saturated carbocycles. The smallest absolute Gasteiger partial charge is 0.337 e. The van der Waals surface area contributed by atoms with E-state index < -0.39 is 5.97 Å². The molecule has 2 N–H and O–H groups in total. The fourth-order valence-corrected chi connectivity index (χ4v) is 3.68. The van der Waals surface area contributed by atoms with E-state index in [1.165, 1.54) is 18.9 Å². The van der Waals surface area contributed by atoms with Gasteiger partial charge in [-0.05, 0) is 43.3 Å². The van der Waals surface area contributed by atoms with E-state index in [0.29, 0.717) is 34.3 Å². The van der Waals surface area contributed by atoms with Gasteiger partial charge >= 0.3 is 5.97 Å². The molecule has 0 fully saturated rings. The number of thioether (sulfide) groups is 1. The van der Waals surface area contributed by atoms with Gasteiger partial charge in [-0.15, -0.1) is 10.2 Å². The lowest BCUT2D eigenvalue weighted by Crippen LogP contribution is -2.24. The first-order chi connectivity index (χ1) is 15.5. The van der Waals surface area contributed by atoms with Gasteiger partial charge in [0.25, 0.3) is 5.91 Å². The van der Waals surface area contributed by atoms with Crippen molar-refractivity contribution in [2.45, 2.75) is 25.2 Å². The van der Waals surface area contributed by atoms with Crippen LogP contribution in [0.2, 0.25) is 0 Å². The summed E-state index contributed by atoms with van der Waals surface area (Å²) in [5.41, 5.74) is 1.55. The molecule has 0 radical (unpaired) electrons. The number of nitrogens with one attached hydrogen (secondary N) is 2. The van der Waals surface area contributed by atoms with E-state index in [1.807, 2.05) is 17.6 Å². The second-order valence-electron chi connectivity index (χ2n) is 6.60. The molecule has 0 atom stereocenters. The van der Waals surface area contributed by atoms with E-state index in [9.17, 15) is 14.4 Å². The van der Waals surface area contributed by atoms with E-state index >= 15 is 0 Å². The van der Waals surface area contributed by atoms with Gasteiger partial charge in [0.05, 0.1) is 25.0 Å². The van der Waals surface area contributed by atoms with Gasteiger partial charge < -0.3 is 19.9 Å². The molecule has 0 saturated heterocycles. The number of anilines is 1. The van der Waals surface area contributed by atoms with E-state index in [1.54, 1.807) is 48.5 Å². The Kier molecular flexibility index (Phi) is 7.98. The molecule has 166 valence electrons. The fraction of sp³-hybridized carbons (Fsp3) is 0.227. The summed E-state index contributed by atoms with van der Waals surface area (Å²) in [6.45, 7) is 2.77. The van der Waals surface area contributed by atoms with E-state index in [2.05, 4.69) is 25.6 Å². The summed E-state index contributed by atoms with van der Waals surface area (Å²) in [5.74, 6) is -0.104. The molecule has 1 heterocycles. The number of carbonyl (C=O) groups is 3. The number of ether oxygens (including phenoxy) is 1. The monoisotopic (exact) mass is 453 g/mol. The zero-order valence-corrected chi connectivity index (χ0v) is 18.5.